The van der Waals surface area contributed by atoms with Crippen LogP contribution in [0.5, 0.6) is 0 Å². The lowest BCUT2D eigenvalue weighted by atomic mass is 10.2. The van der Waals surface area contributed by atoms with E-state index in [0.717, 1.165) is 11.8 Å². The van der Waals surface area contributed by atoms with Crippen LogP contribution in [0.2, 0.25) is 0 Å². The number of carbonyl (C=O) groups is 2. The number of primary amides is 1. The maximum Gasteiger partial charge on any atom is 0.318 e. The lowest BCUT2D eigenvalue weighted by molar-refractivity contribution is -0.119. The van der Waals surface area contributed by atoms with Crippen LogP contribution in [0.25, 0.3) is 11.5 Å². The minimum atomic E-state index is -0.940. The van der Waals surface area contributed by atoms with Gasteiger partial charge in [-0.1, -0.05) is 23.9 Å². The van der Waals surface area contributed by atoms with Crippen LogP contribution in [0.3, 0.4) is 0 Å². The monoisotopic (exact) mass is 310 g/mol. The SMILES string of the molecule is C[C@H](Sc1nnc(-c2ccccc2F)o1)C(=O)NC(N)=O. The number of halogens is 1. The number of hydrogen-bond acceptors (Lipinski definition) is 6. The van der Waals surface area contributed by atoms with Crippen LogP contribution < -0.4 is 11.1 Å². The highest BCUT2D eigenvalue weighted by molar-refractivity contribution is 8.00. The molecule has 2 aromatic rings. The van der Waals surface area contributed by atoms with Crippen molar-refractivity contribution in [3.8, 4) is 11.5 Å². The predicted molar refractivity (Wildman–Crippen MR) is 72.7 cm³/mol. The van der Waals surface area contributed by atoms with Crippen molar-refractivity contribution in [1.82, 2.24) is 15.5 Å². The van der Waals surface area contributed by atoms with Crippen molar-refractivity contribution in [2.24, 2.45) is 5.73 Å². The molecule has 0 aliphatic rings. The Morgan fingerprint density at radius 3 is 2.76 bits per heavy atom. The van der Waals surface area contributed by atoms with Gasteiger partial charge in [0.1, 0.15) is 5.82 Å². The van der Waals surface area contributed by atoms with Gasteiger partial charge in [0.2, 0.25) is 5.91 Å². The quantitative estimate of drug-likeness (QED) is 0.829. The Labute approximate surface area is 123 Å². The van der Waals surface area contributed by atoms with E-state index in [-0.39, 0.29) is 16.7 Å². The number of nitrogens with one attached hydrogen (secondary N) is 1. The molecule has 3 amide bonds. The molecule has 1 heterocycles. The van der Waals surface area contributed by atoms with Gasteiger partial charge < -0.3 is 10.2 Å². The van der Waals surface area contributed by atoms with Gasteiger partial charge in [0.15, 0.2) is 0 Å². The molecule has 110 valence electrons. The molecule has 3 N–H and O–H groups in total. The van der Waals surface area contributed by atoms with Gasteiger partial charge in [0.25, 0.3) is 11.1 Å². The van der Waals surface area contributed by atoms with E-state index in [1.807, 2.05) is 5.32 Å². The summed E-state index contributed by atoms with van der Waals surface area (Å²) in [4.78, 5) is 22.1. The van der Waals surface area contributed by atoms with Crippen LogP contribution in [0.15, 0.2) is 33.9 Å². The van der Waals surface area contributed by atoms with Gasteiger partial charge in [-0.3, -0.25) is 10.1 Å². The molecule has 0 radical (unpaired) electrons. The van der Waals surface area contributed by atoms with Gasteiger partial charge >= 0.3 is 6.03 Å². The van der Waals surface area contributed by atoms with E-state index in [4.69, 9.17) is 10.2 Å². The first-order chi connectivity index (χ1) is 9.97. The summed E-state index contributed by atoms with van der Waals surface area (Å²) in [5.41, 5.74) is 5.02. The molecule has 0 saturated heterocycles. The third kappa shape index (κ3) is 3.78. The van der Waals surface area contributed by atoms with Crippen LogP contribution in [0.1, 0.15) is 6.92 Å². The number of nitrogens with two attached hydrogens (primary N) is 1. The molecular weight excluding hydrogens is 299 g/mol. The lowest BCUT2D eigenvalue weighted by Crippen LogP contribution is -2.39. The second kappa shape index (κ2) is 6.35. The molecule has 7 nitrogen and oxygen atoms in total. The number of amides is 3. The van der Waals surface area contributed by atoms with Gasteiger partial charge in [-0.25, -0.2) is 9.18 Å². The number of aromatic nitrogens is 2. The summed E-state index contributed by atoms with van der Waals surface area (Å²) < 4.78 is 18.8. The Morgan fingerprint density at radius 1 is 1.38 bits per heavy atom. The lowest BCUT2D eigenvalue weighted by Gasteiger charge is -2.06. The van der Waals surface area contributed by atoms with Crippen molar-refractivity contribution in [2.75, 3.05) is 0 Å². The molecular formula is C12H11FN4O3S. The van der Waals surface area contributed by atoms with E-state index in [0.29, 0.717) is 0 Å². The summed E-state index contributed by atoms with van der Waals surface area (Å²) >= 11 is 0.932. The van der Waals surface area contributed by atoms with E-state index < -0.39 is 23.0 Å². The molecule has 1 aromatic heterocycles. The molecule has 0 saturated carbocycles. The number of urea groups is 1. The molecule has 9 heteroatoms. The molecule has 21 heavy (non-hydrogen) atoms. The fourth-order valence-corrected chi connectivity index (χ4v) is 2.11. The number of hydrogen-bond donors (Lipinski definition) is 2. The fourth-order valence-electron chi connectivity index (χ4n) is 1.43. The maximum absolute atomic E-state index is 13.6. The second-order valence-electron chi connectivity index (χ2n) is 3.97. The van der Waals surface area contributed by atoms with Gasteiger partial charge in [-0.15, -0.1) is 10.2 Å². The largest absolute Gasteiger partial charge is 0.411 e. The normalized spacial score (nSPS) is 11.9. The first kappa shape index (κ1) is 15.0. The molecule has 0 spiro atoms. The van der Waals surface area contributed by atoms with E-state index in [9.17, 15) is 14.0 Å². The zero-order valence-corrected chi connectivity index (χ0v) is 11.7. The molecule has 0 aliphatic carbocycles. The van der Waals surface area contributed by atoms with Gasteiger partial charge in [0, 0.05) is 0 Å². The summed E-state index contributed by atoms with van der Waals surface area (Å²) in [6.45, 7) is 1.54. The molecule has 0 fully saturated rings. The zero-order valence-electron chi connectivity index (χ0n) is 10.9. The van der Waals surface area contributed by atoms with Crippen molar-refractivity contribution in [1.29, 1.82) is 0 Å². The second-order valence-corrected chi connectivity index (χ2v) is 5.26. The number of thioether (sulfide) groups is 1. The van der Waals surface area contributed by atoms with E-state index in [1.165, 1.54) is 19.1 Å². The van der Waals surface area contributed by atoms with E-state index in [1.54, 1.807) is 12.1 Å². The minimum Gasteiger partial charge on any atom is -0.411 e. The number of carbonyl (C=O) groups excluding carboxylic acids is 2. The van der Waals surface area contributed by atoms with Gasteiger partial charge in [0.05, 0.1) is 10.8 Å². The molecule has 2 rings (SSSR count). The Balaban J connectivity index is 2.09. The Hall–Kier alpha value is -2.42. The zero-order chi connectivity index (χ0) is 15.4. The standard InChI is InChI=1S/C12H11FN4O3S/c1-6(9(18)15-11(14)19)21-12-17-16-10(20-12)7-4-2-3-5-8(7)13/h2-6H,1H3,(H3,14,15,18,19)/t6-/m0/s1. The molecule has 1 aromatic carbocycles. The van der Waals surface area contributed by atoms with Crippen molar-refractivity contribution in [3.63, 3.8) is 0 Å². The number of imide groups is 1. The van der Waals surface area contributed by atoms with Crippen LogP contribution in [-0.4, -0.2) is 27.4 Å². The van der Waals surface area contributed by atoms with E-state index in [2.05, 4.69) is 10.2 Å². The highest BCUT2D eigenvalue weighted by Gasteiger charge is 2.20. The average Bonchev–Trinajstić information content (AvgIpc) is 2.86. The summed E-state index contributed by atoms with van der Waals surface area (Å²) in [6, 6.07) is 5.01. The Bertz CT molecular complexity index is 676. The molecule has 0 bridgehead atoms. The average molecular weight is 310 g/mol. The summed E-state index contributed by atoms with van der Waals surface area (Å²) in [7, 11) is 0. The summed E-state index contributed by atoms with van der Waals surface area (Å²) in [5, 5.41) is 8.79. The van der Waals surface area contributed by atoms with Crippen LogP contribution >= 0.6 is 11.8 Å². The molecule has 0 unspecified atom stereocenters. The first-order valence-electron chi connectivity index (χ1n) is 5.82. The summed E-state index contributed by atoms with van der Waals surface area (Å²) in [5.74, 6) is -1.06. The fraction of sp³-hybridized carbons (Fsp3) is 0.167. The predicted octanol–water partition coefficient (Wildman–Crippen LogP) is 1.55. The molecule has 1 atom stereocenters. The van der Waals surface area contributed by atoms with Crippen LogP contribution in [0, 0.1) is 5.82 Å². The van der Waals surface area contributed by atoms with Gasteiger partial charge in [-0.2, -0.15) is 0 Å². The number of rotatable bonds is 4. The third-order valence-corrected chi connectivity index (χ3v) is 3.34. The minimum absolute atomic E-state index is 0.0121. The van der Waals surface area contributed by atoms with E-state index >= 15 is 0 Å². The maximum atomic E-state index is 13.6. The summed E-state index contributed by atoms with van der Waals surface area (Å²) in [6.07, 6.45) is 0. The Kier molecular flexibility index (Phi) is 4.53. The topological polar surface area (TPSA) is 111 Å². The van der Waals surface area contributed by atoms with Crippen LogP contribution in [-0.2, 0) is 4.79 Å². The molecule has 0 aliphatic heterocycles. The van der Waals surface area contributed by atoms with Crippen molar-refractivity contribution in [3.05, 3.63) is 30.1 Å². The number of nitrogens with zero attached hydrogens (tertiary/aromatic N) is 2. The Morgan fingerprint density at radius 2 is 2.10 bits per heavy atom. The first-order valence-corrected chi connectivity index (χ1v) is 6.70. The highest BCUT2D eigenvalue weighted by Crippen LogP contribution is 2.27. The number of benzene rings is 1. The third-order valence-electron chi connectivity index (χ3n) is 2.40. The highest BCUT2D eigenvalue weighted by atomic mass is 32.2. The van der Waals surface area contributed by atoms with Crippen molar-refractivity contribution in [2.45, 2.75) is 17.4 Å². The smallest absolute Gasteiger partial charge is 0.318 e. The van der Waals surface area contributed by atoms with Crippen molar-refractivity contribution >= 4 is 23.7 Å². The van der Waals surface area contributed by atoms with Crippen molar-refractivity contribution < 1.29 is 18.4 Å². The van der Waals surface area contributed by atoms with Crippen LogP contribution in [0.4, 0.5) is 9.18 Å². The van der Waals surface area contributed by atoms with Gasteiger partial charge in [-0.05, 0) is 19.1 Å².